The van der Waals surface area contributed by atoms with Crippen molar-refractivity contribution in [3.63, 3.8) is 0 Å². The van der Waals surface area contributed by atoms with E-state index >= 15 is 0 Å². The van der Waals surface area contributed by atoms with Gasteiger partial charge in [-0.15, -0.1) is 0 Å². The molecular weight excluding hydrogens is 262 g/mol. The molecule has 1 aromatic carbocycles. The number of carbonyl (C=O) groups is 1. The molecule has 4 nitrogen and oxygen atoms in total. The van der Waals surface area contributed by atoms with E-state index in [0.717, 1.165) is 45.7 Å². The molecule has 0 spiro atoms. The molecular formula is C17H25N3O. The smallest absolute Gasteiger partial charge is 0.236 e. The minimum Gasteiger partial charge on any atom is -0.340 e. The van der Waals surface area contributed by atoms with Crippen LogP contribution in [-0.4, -0.2) is 61.5 Å². The minimum absolute atomic E-state index is 0.299. The number of amides is 1. The number of nitrogens with one attached hydrogen (secondary N) is 1. The third kappa shape index (κ3) is 3.83. The Morgan fingerprint density at radius 1 is 1.14 bits per heavy atom. The summed E-state index contributed by atoms with van der Waals surface area (Å²) in [5.74, 6) is 0.886. The number of carbonyl (C=O) groups excluding carboxylic acids is 1. The molecule has 1 atom stereocenters. The largest absolute Gasteiger partial charge is 0.340 e. The first kappa shape index (κ1) is 14.5. The average molecular weight is 287 g/mol. The standard InChI is InChI=1S/C17H25N3O/c21-17(20-10-4-8-18-9-12-20)14-19-11-7-16(13-19)15-5-2-1-3-6-15/h1-3,5-6,16,18H,4,7-14H2. The van der Waals surface area contributed by atoms with Gasteiger partial charge in [-0.05, 0) is 37.4 Å². The van der Waals surface area contributed by atoms with Gasteiger partial charge in [0, 0.05) is 26.2 Å². The zero-order chi connectivity index (χ0) is 14.5. The average Bonchev–Trinajstić information content (AvgIpc) is 2.81. The molecule has 1 aromatic rings. The molecule has 3 rings (SSSR count). The van der Waals surface area contributed by atoms with Gasteiger partial charge in [0.15, 0.2) is 0 Å². The summed E-state index contributed by atoms with van der Waals surface area (Å²) in [4.78, 5) is 16.7. The number of rotatable bonds is 3. The summed E-state index contributed by atoms with van der Waals surface area (Å²) in [6.07, 6.45) is 2.23. The maximum absolute atomic E-state index is 12.4. The number of likely N-dealkylation sites (tertiary alicyclic amines) is 1. The van der Waals surface area contributed by atoms with Gasteiger partial charge in [-0.25, -0.2) is 0 Å². The van der Waals surface area contributed by atoms with Crippen LogP contribution in [0.2, 0.25) is 0 Å². The van der Waals surface area contributed by atoms with Crippen molar-refractivity contribution in [3.05, 3.63) is 35.9 Å². The molecule has 2 aliphatic heterocycles. The number of hydrogen-bond donors (Lipinski definition) is 1. The summed E-state index contributed by atoms with van der Waals surface area (Å²) < 4.78 is 0. The Labute approximate surface area is 127 Å². The first-order valence-electron chi connectivity index (χ1n) is 8.09. The van der Waals surface area contributed by atoms with E-state index in [2.05, 4.69) is 40.5 Å². The van der Waals surface area contributed by atoms with Crippen molar-refractivity contribution < 1.29 is 4.79 Å². The summed E-state index contributed by atoms with van der Waals surface area (Å²) in [5, 5.41) is 3.35. The number of benzene rings is 1. The molecule has 1 amide bonds. The monoisotopic (exact) mass is 287 g/mol. The SMILES string of the molecule is O=C(CN1CCC(c2ccccc2)C1)N1CCCNCC1. The Balaban J connectivity index is 1.51. The van der Waals surface area contributed by atoms with Crippen LogP contribution in [0.5, 0.6) is 0 Å². The van der Waals surface area contributed by atoms with Crippen molar-refractivity contribution in [1.29, 1.82) is 0 Å². The lowest BCUT2D eigenvalue weighted by atomic mass is 9.99. The second kappa shape index (κ2) is 7.05. The Morgan fingerprint density at radius 2 is 2.00 bits per heavy atom. The molecule has 21 heavy (non-hydrogen) atoms. The Morgan fingerprint density at radius 3 is 2.86 bits per heavy atom. The van der Waals surface area contributed by atoms with Crippen molar-refractivity contribution in [2.45, 2.75) is 18.8 Å². The van der Waals surface area contributed by atoms with Gasteiger partial charge in [0.05, 0.1) is 6.54 Å². The quantitative estimate of drug-likeness (QED) is 0.910. The second-order valence-corrected chi connectivity index (χ2v) is 6.12. The first-order valence-corrected chi connectivity index (χ1v) is 8.09. The van der Waals surface area contributed by atoms with Gasteiger partial charge in [0.25, 0.3) is 0 Å². The van der Waals surface area contributed by atoms with E-state index in [0.29, 0.717) is 18.4 Å². The summed E-state index contributed by atoms with van der Waals surface area (Å²) >= 11 is 0. The minimum atomic E-state index is 0.299. The van der Waals surface area contributed by atoms with Gasteiger partial charge in [0.1, 0.15) is 0 Å². The molecule has 0 aliphatic carbocycles. The van der Waals surface area contributed by atoms with Crippen LogP contribution in [0.25, 0.3) is 0 Å². The van der Waals surface area contributed by atoms with Gasteiger partial charge in [0.2, 0.25) is 5.91 Å². The van der Waals surface area contributed by atoms with Crippen LogP contribution in [-0.2, 0) is 4.79 Å². The summed E-state index contributed by atoms with van der Waals surface area (Å²) in [5.41, 5.74) is 1.41. The molecule has 1 unspecified atom stereocenters. The normalized spacial score (nSPS) is 24.0. The zero-order valence-corrected chi connectivity index (χ0v) is 12.6. The third-order valence-electron chi connectivity index (χ3n) is 4.60. The van der Waals surface area contributed by atoms with Crippen LogP contribution < -0.4 is 5.32 Å². The summed E-state index contributed by atoms with van der Waals surface area (Å²) in [6, 6.07) is 10.7. The number of hydrogen-bond acceptors (Lipinski definition) is 3. The Hall–Kier alpha value is -1.39. The lowest BCUT2D eigenvalue weighted by Crippen LogP contribution is -2.41. The Bertz CT molecular complexity index is 454. The van der Waals surface area contributed by atoms with E-state index in [-0.39, 0.29) is 0 Å². The van der Waals surface area contributed by atoms with Gasteiger partial charge in [-0.1, -0.05) is 30.3 Å². The number of nitrogens with zero attached hydrogens (tertiary/aromatic N) is 2. The van der Waals surface area contributed by atoms with Crippen molar-refractivity contribution in [3.8, 4) is 0 Å². The van der Waals surface area contributed by atoms with Crippen LogP contribution in [0, 0.1) is 0 Å². The molecule has 2 fully saturated rings. The molecule has 2 aliphatic rings. The van der Waals surface area contributed by atoms with E-state index in [1.807, 2.05) is 4.90 Å². The predicted octanol–water partition coefficient (Wildman–Crippen LogP) is 1.30. The van der Waals surface area contributed by atoms with Crippen LogP contribution >= 0.6 is 0 Å². The molecule has 2 saturated heterocycles. The fourth-order valence-corrected chi connectivity index (χ4v) is 3.36. The molecule has 114 valence electrons. The van der Waals surface area contributed by atoms with E-state index in [1.165, 1.54) is 12.0 Å². The van der Waals surface area contributed by atoms with Crippen LogP contribution in [0.4, 0.5) is 0 Å². The van der Waals surface area contributed by atoms with Gasteiger partial charge in [-0.3, -0.25) is 9.69 Å². The molecule has 0 aromatic heterocycles. The highest BCUT2D eigenvalue weighted by molar-refractivity contribution is 5.78. The second-order valence-electron chi connectivity index (χ2n) is 6.12. The van der Waals surface area contributed by atoms with Crippen molar-refractivity contribution >= 4 is 5.91 Å². The lowest BCUT2D eigenvalue weighted by Gasteiger charge is -2.23. The topological polar surface area (TPSA) is 35.6 Å². The van der Waals surface area contributed by atoms with Crippen molar-refractivity contribution in [2.75, 3.05) is 45.8 Å². The maximum Gasteiger partial charge on any atom is 0.236 e. The lowest BCUT2D eigenvalue weighted by molar-refractivity contribution is -0.132. The maximum atomic E-state index is 12.4. The first-order chi connectivity index (χ1) is 10.3. The molecule has 0 saturated carbocycles. The van der Waals surface area contributed by atoms with E-state index < -0.39 is 0 Å². The highest BCUT2D eigenvalue weighted by Gasteiger charge is 2.26. The van der Waals surface area contributed by atoms with Crippen molar-refractivity contribution in [1.82, 2.24) is 15.1 Å². The highest BCUT2D eigenvalue weighted by atomic mass is 16.2. The molecule has 4 heteroatoms. The Kier molecular flexibility index (Phi) is 4.88. The van der Waals surface area contributed by atoms with Crippen molar-refractivity contribution in [2.24, 2.45) is 0 Å². The third-order valence-corrected chi connectivity index (χ3v) is 4.60. The van der Waals surface area contributed by atoms with E-state index in [4.69, 9.17) is 0 Å². The summed E-state index contributed by atoms with van der Waals surface area (Å²) in [6.45, 7) is 6.36. The molecule has 2 heterocycles. The highest BCUT2D eigenvalue weighted by Crippen LogP contribution is 2.26. The predicted molar refractivity (Wildman–Crippen MR) is 84.3 cm³/mol. The molecule has 1 N–H and O–H groups in total. The summed E-state index contributed by atoms with van der Waals surface area (Å²) in [7, 11) is 0. The van der Waals surface area contributed by atoms with Crippen LogP contribution in [0.3, 0.4) is 0 Å². The van der Waals surface area contributed by atoms with E-state index in [1.54, 1.807) is 0 Å². The van der Waals surface area contributed by atoms with Crippen LogP contribution in [0.15, 0.2) is 30.3 Å². The van der Waals surface area contributed by atoms with Gasteiger partial charge < -0.3 is 10.2 Å². The van der Waals surface area contributed by atoms with E-state index in [9.17, 15) is 4.79 Å². The van der Waals surface area contributed by atoms with Gasteiger partial charge >= 0.3 is 0 Å². The van der Waals surface area contributed by atoms with Gasteiger partial charge in [-0.2, -0.15) is 0 Å². The fourth-order valence-electron chi connectivity index (χ4n) is 3.36. The molecule has 0 radical (unpaired) electrons. The molecule has 0 bridgehead atoms. The van der Waals surface area contributed by atoms with Crippen LogP contribution in [0.1, 0.15) is 24.3 Å². The fraction of sp³-hybridized carbons (Fsp3) is 0.588. The zero-order valence-electron chi connectivity index (χ0n) is 12.6.